The number of anilines is 1. The Hall–Kier alpha value is -3.35. The molecule has 0 radical (unpaired) electrons. The van der Waals surface area contributed by atoms with Gasteiger partial charge in [-0.15, -0.1) is 0 Å². The summed E-state index contributed by atoms with van der Waals surface area (Å²) in [5.74, 6) is 0.649. The number of benzene rings is 2. The third-order valence-corrected chi connectivity index (χ3v) is 3.89. The minimum atomic E-state index is -0.428. The number of rotatable bonds is 4. The molecule has 0 unspecified atom stereocenters. The molecule has 0 spiro atoms. The Balaban J connectivity index is 2.01. The molecule has 128 valence electrons. The van der Waals surface area contributed by atoms with E-state index in [4.69, 9.17) is 9.47 Å². The lowest BCUT2D eigenvalue weighted by molar-refractivity contribution is 0.102. The minimum absolute atomic E-state index is 0.143. The van der Waals surface area contributed by atoms with Gasteiger partial charge in [-0.05, 0) is 24.6 Å². The molecule has 0 aliphatic carbocycles. The lowest BCUT2D eigenvalue weighted by atomic mass is 10.1. The van der Waals surface area contributed by atoms with Crippen LogP contribution in [0.25, 0.3) is 10.8 Å². The number of aryl methyl sites for hydroxylation is 1. The van der Waals surface area contributed by atoms with Gasteiger partial charge in [0.25, 0.3) is 11.5 Å². The van der Waals surface area contributed by atoms with Crippen LogP contribution in [0.2, 0.25) is 0 Å². The summed E-state index contributed by atoms with van der Waals surface area (Å²) in [7, 11) is 3.07. The number of amides is 1. The van der Waals surface area contributed by atoms with E-state index in [1.165, 1.54) is 7.11 Å². The topological polar surface area (TPSA) is 93.3 Å². The molecule has 0 atom stereocenters. The maximum absolute atomic E-state index is 12.7. The second-order valence-electron chi connectivity index (χ2n) is 5.42. The van der Waals surface area contributed by atoms with Gasteiger partial charge in [-0.3, -0.25) is 9.59 Å². The van der Waals surface area contributed by atoms with Crippen molar-refractivity contribution in [1.82, 2.24) is 10.2 Å². The Kier molecular flexibility index (Phi) is 4.38. The van der Waals surface area contributed by atoms with E-state index in [9.17, 15) is 9.59 Å². The summed E-state index contributed by atoms with van der Waals surface area (Å²) in [5, 5.41) is 9.96. The average molecular weight is 339 g/mol. The first-order chi connectivity index (χ1) is 12.0. The number of carbonyl (C=O) groups is 1. The van der Waals surface area contributed by atoms with E-state index >= 15 is 0 Å². The van der Waals surface area contributed by atoms with Crippen LogP contribution in [0.5, 0.6) is 11.5 Å². The van der Waals surface area contributed by atoms with E-state index in [1.54, 1.807) is 43.5 Å². The van der Waals surface area contributed by atoms with Gasteiger partial charge in [0.05, 0.1) is 19.6 Å². The van der Waals surface area contributed by atoms with Crippen LogP contribution < -0.4 is 20.3 Å². The Bertz CT molecular complexity index is 1010. The van der Waals surface area contributed by atoms with E-state index in [0.29, 0.717) is 28.0 Å². The highest BCUT2D eigenvalue weighted by atomic mass is 16.5. The van der Waals surface area contributed by atoms with Gasteiger partial charge in [0.2, 0.25) is 0 Å². The molecule has 0 aliphatic rings. The average Bonchev–Trinajstić information content (AvgIpc) is 2.63. The predicted octanol–water partition coefficient (Wildman–Crippen LogP) is 2.50. The lowest BCUT2D eigenvalue weighted by Crippen LogP contribution is -2.19. The summed E-state index contributed by atoms with van der Waals surface area (Å²) in [5.41, 5.74) is 1.18. The predicted molar refractivity (Wildman–Crippen MR) is 94.6 cm³/mol. The molecular weight excluding hydrogens is 322 g/mol. The van der Waals surface area contributed by atoms with Crippen molar-refractivity contribution < 1.29 is 14.3 Å². The summed E-state index contributed by atoms with van der Waals surface area (Å²) in [6, 6.07) is 10.3. The van der Waals surface area contributed by atoms with E-state index in [1.807, 2.05) is 6.92 Å². The van der Waals surface area contributed by atoms with Gasteiger partial charge in [-0.2, -0.15) is 5.10 Å². The zero-order chi connectivity index (χ0) is 18.0. The third kappa shape index (κ3) is 3.03. The van der Waals surface area contributed by atoms with Crippen LogP contribution in [-0.4, -0.2) is 30.3 Å². The molecular formula is C18H17N3O4. The van der Waals surface area contributed by atoms with Gasteiger partial charge >= 0.3 is 0 Å². The molecule has 1 amide bonds. The number of aromatic amines is 1. The van der Waals surface area contributed by atoms with E-state index in [0.717, 1.165) is 5.56 Å². The molecule has 0 bridgehead atoms. The SMILES string of the molecule is COc1cc(C)c(NC(=O)c2n[nH]c(=O)c3ccccc23)cc1OC. The van der Waals surface area contributed by atoms with Crippen molar-refractivity contribution >= 4 is 22.4 Å². The van der Waals surface area contributed by atoms with Crippen molar-refractivity contribution in [2.45, 2.75) is 6.92 Å². The molecule has 7 nitrogen and oxygen atoms in total. The number of nitrogens with zero attached hydrogens (tertiary/aromatic N) is 1. The Morgan fingerprint density at radius 1 is 1.08 bits per heavy atom. The largest absolute Gasteiger partial charge is 0.493 e. The smallest absolute Gasteiger partial charge is 0.276 e. The summed E-state index contributed by atoms with van der Waals surface area (Å²) in [6.07, 6.45) is 0. The van der Waals surface area contributed by atoms with Gasteiger partial charge in [0.15, 0.2) is 17.2 Å². The monoisotopic (exact) mass is 339 g/mol. The highest BCUT2D eigenvalue weighted by molar-refractivity contribution is 6.11. The van der Waals surface area contributed by atoms with Crippen molar-refractivity contribution in [1.29, 1.82) is 0 Å². The molecule has 0 saturated carbocycles. The zero-order valence-corrected chi connectivity index (χ0v) is 14.0. The number of methoxy groups -OCH3 is 2. The highest BCUT2D eigenvalue weighted by Gasteiger charge is 2.16. The fraction of sp³-hybridized carbons (Fsp3) is 0.167. The molecule has 0 fully saturated rings. The molecule has 0 aliphatic heterocycles. The number of fused-ring (bicyclic) bond motifs is 1. The number of hydrogen-bond donors (Lipinski definition) is 2. The van der Waals surface area contributed by atoms with E-state index in [2.05, 4.69) is 15.5 Å². The Morgan fingerprint density at radius 2 is 1.72 bits per heavy atom. The molecule has 0 saturated heterocycles. The number of H-pyrrole nitrogens is 1. The fourth-order valence-electron chi connectivity index (χ4n) is 2.58. The van der Waals surface area contributed by atoms with E-state index in [-0.39, 0.29) is 11.3 Å². The van der Waals surface area contributed by atoms with Gasteiger partial charge < -0.3 is 14.8 Å². The molecule has 1 heterocycles. The van der Waals surface area contributed by atoms with Crippen LogP contribution in [0.15, 0.2) is 41.2 Å². The van der Waals surface area contributed by atoms with E-state index < -0.39 is 5.91 Å². The number of ether oxygens (including phenoxy) is 2. The van der Waals surface area contributed by atoms with Crippen molar-refractivity contribution in [3.63, 3.8) is 0 Å². The van der Waals surface area contributed by atoms with Crippen LogP contribution in [0.4, 0.5) is 5.69 Å². The van der Waals surface area contributed by atoms with Crippen molar-refractivity contribution in [2.24, 2.45) is 0 Å². The molecule has 3 aromatic rings. The number of nitrogens with one attached hydrogen (secondary N) is 2. The first kappa shape index (κ1) is 16.5. The normalized spacial score (nSPS) is 10.5. The summed E-state index contributed by atoms with van der Waals surface area (Å²) < 4.78 is 10.5. The quantitative estimate of drug-likeness (QED) is 0.762. The molecule has 1 aromatic heterocycles. The molecule has 25 heavy (non-hydrogen) atoms. The highest BCUT2D eigenvalue weighted by Crippen LogP contribution is 2.33. The van der Waals surface area contributed by atoms with Crippen LogP contribution >= 0.6 is 0 Å². The maximum atomic E-state index is 12.7. The molecule has 3 rings (SSSR count). The summed E-state index contributed by atoms with van der Waals surface area (Å²) in [4.78, 5) is 24.5. The van der Waals surface area contributed by atoms with Gasteiger partial charge in [0, 0.05) is 17.1 Å². The second-order valence-corrected chi connectivity index (χ2v) is 5.42. The molecule has 2 N–H and O–H groups in total. The maximum Gasteiger partial charge on any atom is 0.276 e. The van der Waals surface area contributed by atoms with Crippen molar-refractivity contribution in [2.75, 3.05) is 19.5 Å². The van der Waals surface area contributed by atoms with Crippen molar-refractivity contribution in [3.05, 3.63) is 58.0 Å². The number of carbonyl (C=O) groups excluding carboxylic acids is 1. The number of hydrogen-bond acceptors (Lipinski definition) is 5. The van der Waals surface area contributed by atoms with Crippen LogP contribution in [0, 0.1) is 6.92 Å². The van der Waals surface area contributed by atoms with Gasteiger partial charge in [0.1, 0.15) is 0 Å². The first-order valence-corrected chi connectivity index (χ1v) is 7.56. The van der Waals surface area contributed by atoms with Gasteiger partial charge in [-0.25, -0.2) is 5.10 Å². The Labute approximate surface area is 143 Å². The fourth-order valence-corrected chi connectivity index (χ4v) is 2.58. The van der Waals surface area contributed by atoms with Crippen LogP contribution in [0.1, 0.15) is 16.1 Å². The summed E-state index contributed by atoms with van der Waals surface area (Å²) >= 11 is 0. The van der Waals surface area contributed by atoms with Crippen LogP contribution in [-0.2, 0) is 0 Å². The Morgan fingerprint density at radius 3 is 2.40 bits per heavy atom. The third-order valence-electron chi connectivity index (χ3n) is 3.89. The molecule has 7 heteroatoms. The van der Waals surface area contributed by atoms with Crippen LogP contribution in [0.3, 0.4) is 0 Å². The van der Waals surface area contributed by atoms with Gasteiger partial charge in [-0.1, -0.05) is 18.2 Å². The standard InChI is InChI=1S/C18H17N3O4/c1-10-8-14(24-2)15(25-3)9-13(10)19-18(23)16-11-6-4-5-7-12(11)17(22)21-20-16/h4-9H,1-3H3,(H,19,23)(H,21,22). The summed E-state index contributed by atoms with van der Waals surface area (Å²) in [6.45, 7) is 1.84. The molecule has 2 aromatic carbocycles. The second kappa shape index (κ2) is 6.64. The van der Waals surface area contributed by atoms with Crippen molar-refractivity contribution in [3.8, 4) is 11.5 Å². The minimum Gasteiger partial charge on any atom is -0.493 e. The number of aromatic nitrogens is 2. The zero-order valence-electron chi connectivity index (χ0n) is 14.0. The lowest BCUT2D eigenvalue weighted by Gasteiger charge is -2.13. The first-order valence-electron chi connectivity index (χ1n) is 7.56.